The van der Waals surface area contributed by atoms with E-state index in [4.69, 9.17) is 5.26 Å². The van der Waals surface area contributed by atoms with Gasteiger partial charge in [-0.1, -0.05) is 12.1 Å². The number of phenolic OH excluding ortho intramolecular Hbond substituents is 1. The van der Waals surface area contributed by atoms with E-state index in [2.05, 4.69) is 16.3 Å². The standard InChI is InChI=1S/C21H20N4O3/c22-12-14-1-6-19(26)17(11-14)15-2-4-16(5-3-15)21(28)25-10-9-24-8-7-23-20(27)18(24)13-25/h1-6,11,18,26H,7-10,13H2,(H,23,27)/t18-/m1/s1. The molecule has 1 atom stereocenters. The Bertz CT molecular complexity index is 965. The molecule has 7 nitrogen and oxygen atoms in total. The van der Waals surface area contributed by atoms with Crippen molar-refractivity contribution in [2.75, 3.05) is 32.7 Å². The summed E-state index contributed by atoms with van der Waals surface area (Å²) in [6.45, 7) is 3.15. The van der Waals surface area contributed by atoms with E-state index in [1.807, 2.05) is 0 Å². The summed E-state index contributed by atoms with van der Waals surface area (Å²) in [5.74, 6) is -0.0518. The van der Waals surface area contributed by atoms with Gasteiger partial charge in [-0.25, -0.2) is 0 Å². The molecule has 2 aromatic rings. The minimum absolute atomic E-state index is 0.0213. The molecule has 0 saturated carbocycles. The lowest BCUT2D eigenvalue weighted by Gasteiger charge is -2.43. The van der Waals surface area contributed by atoms with Crippen molar-refractivity contribution >= 4 is 11.8 Å². The zero-order chi connectivity index (χ0) is 19.7. The zero-order valence-corrected chi connectivity index (χ0v) is 15.3. The van der Waals surface area contributed by atoms with Gasteiger partial charge in [0.2, 0.25) is 5.91 Å². The van der Waals surface area contributed by atoms with Gasteiger partial charge >= 0.3 is 0 Å². The molecule has 28 heavy (non-hydrogen) atoms. The van der Waals surface area contributed by atoms with Crippen LogP contribution < -0.4 is 5.32 Å². The number of nitrogens with zero attached hydrogens (tertiary/aromatic N) is 3. The number of phenols is 1. The van der Waals surface area contributed by atoms with E-state index in [0.29, 0.717) is 42.9 Å². The van der Waals surface area contributed by atoms with Crippen molar-refractivity contribution in [2.45, 2.75) is 6.04 Å². The Morgan fingerprint density at radius 1 is 1.14 bits per heavy atom. The molecule has 0 bridgehead atoms. The highest BCUT2D eigenvalue weighted by Gasteiger charge is 2.36. The van der Waals surface area contributed by atoms with Crippen molar-refractivity contribution in [2.24, 2.45) is 0 Å². The van der Waals surface area contributed by atoms with Gasteiger partial charge in [0.05, 0.1) is 11.6 Å². The van der Waals surface area contributed by atoms with E-state index < -0.39 is 0 Å². The number of aromatic hydroxyl groups is 1. The van der Waals surface area contributed by atoms with E-state index in [-0.39, 0.29) is 23.6 Å². The van der Waals surface area contributed by atoms with E-state index in [1.165, 1.54) is 6.07 Å². The molecule has 2 saturated heterocycles. The quantitative estimate of drug-likeness (QED) is 0.821. The van der Waals surface area contributed by atoms with Crippen LogP contribution in [-0.2, 0) is 4.79 Å². The molecule has 2 aliphatic heterocycles. The van der Waals surface area contributed by atoms with Gasteiger partial charge in [0, 0.05) is 43.9 Å². The van der Waals surface area contributed by atoms with Crippen LogP contribution in [0.3, 0.4) is 0 Å². The van der Waals surface area contributed by atoms with Gasteiger partial charge in [-0.2, -0.15) is 5.26 Å². The SMILES string of the molecule is N#Cc1ccc(O)c(-c2ccc(C(=O)N3CCN4CCNC(=O)[C@H]4C3)cc2)c1. The summed E-state index contributed by atoms with van der Waals surface area (Å²) >= 11 is 0. The Labute approximate surface area is 162 Å². The Hall–Kier alpha value is -3.37. The lowest BCUT2D eigenvalue weighted by atomic mass is 10.0. The van der Waals surface area contributed by atoms with Gasteiger partial charge in [0.15, 0.2) is 0 Å². The molecule has 2 aromatic carbocycles. The van der Waals surface area contributed by atoms with Crippen LogP contribution in [0.4, 0.5) is 0 Å². The maximum Gasteiger partial charge on any atom is 0.253 e. The van der Waals surface area contributed by atoms with Gasteiger partial charge < -0.3 is 15.3 Å². The van der Waals surface area contributed by atoms with Crippen LogP contribution in [0.1, 0.15) is 15.9 Å². The fraction of sp³-hybridized carbons (Fsp3) is 0.286. The average Bonchev–Trinajstić information content (AvgIpc) is 2.74. The van der Waals surface area contributed by atoms with Gasteiger partial charge in [-0.15, -0.1) is 0 Å². The fourth-order valence-corrected chi connectivity index (χ4v) is 3.77. The first-order valence-electron chi connectivity index (χ1n) is 9.21. The molecule has 2 amide bonds. The summed E-state index contributed by atoms with van der Waals surface area (Å²) in [7, 11) is 0. The summed E-state index contributed by atoms with van der Waals surface area (Å²) in [4.78, 5) is 28.8. The number of hydrogen-bond acceptors (Lipinski definition) is 5. The monoisotopic (exact) mass is 376 g/mol. The van der Waals surface area contributed by atoms with Gasteiger partial charge in [-0.3, -0.25) is 14.5 Å². The predicted molar refractivity (Wildman–Crippen MR) is 103 cm³/mol. The molecule has 7 heteroatoms. The molecule has 2 aliphatic rings. The Morgan fingerprint density at radius 3 is 2.68 bits per heavy atom. The Balaban J connectivity index is 1.52. The molecular weight excluding hydrogens is 356 g/mol. The predicted octanol–water partition coefficient (Wildman–Crippen LogP) is 1.19. The molecule has 2 fully saturated rings. The third-order valence-electron chi connectivity index (χ3n) is 5.35. The number of carbonyl (C=O) groups is 2. The number of nitrogens with one attached hydrogen (secondary N) is 1. The zero-order valence-electron chi connectivity index (χ0n) is 15.3. The number of hydrogen-bond donors (Lipinski definition) is 2. The molecule has 142 valence electrons. The van der Waals surface area contributed by atoms with Gasteiger partial charge in [-0.05, 0) is 35.9 Å². The van der Waals surface area contributed by atoms with E-state index in [1.54, 1.807) is 41.3 Å². The van der Waals surface area contributed by atoms with Crippen LogP contribution in [-0.4, -0.2) is 65.5 Å². The second kappa shape index (κ2) is 7.33. The molecule has 2 N–H and O–H groups in total. The summed E-state index contributed by atoms with van der Waals surface area (Å²) in [6.07, 6.45) is 0. The van der Waals surface area contributed by atoms with Crippen molar-refractivity contribution in [3.8, 4) is 22.9 Å². The largest absolute Gasteiger partial charge is 0.507 e. The second-order valence-electron chi connectivity index (χ2n) is 7.02. The van der Waals surface area contributed by atoms with Gasteiger partial charge in [0.25, 0.3) is 5.91 Å². The molecule has 0 spiro atoms. The van der Waals surface area contributed by atoms with Crippen molar-refractivity contribution in [1.82, 2.24) is 15.1 Å². The van der Waals surface area contributed by atoms with Crippen LogP contribution in [0.15, 0.2) is 42.5 Å². The Kier molecular flexibility index (Phi) is 4.72. The third kappa shape index (κ3) is 3.30. The summed E-state index contributed by atoms with van der Waals surface area (Å²) in [5.41, 5.74) is 2.26. The maximum atomic E-state index is 12.9. The van der Waals surface area contributed by atoms with Crippen LogP contribution in [0.25, 0.3) is 11.1 Å². The first-order valence-corrected chi connectivity index (χ1v) is 9.21. The number of rotatable bonds is 2. The number of amides is 2. The molecule has 0 unspecified atom stereocenters. The topological polar surface area (TPSA) is 96.7 Å². The molecule has 0 aliphatic carbocycles. The third-order valence-corrected chi connectivity index (χ3v) is 5.35. The number of benzene rings is 2. The van der Waals surface area contributed by atoms with Crippen LogP contribution in [0.5, 0.6) is 5.75 Å². The lowest BCUT2D eigenvalue weighted by Crippen LogP contribution is -2.64. The van der Waals surface area contributed by atoms with Crippen LogP contribution in [0.2, 0.25) is 0 Å². The number of carbonyl (C=O) groups excluding carboxylic acids is 2. The van der Waals surface area contributed by atoms with Crippen LogP contribution in [0, 0.1) is 11.3 Å². The number of fused-ring (bicyclic) bond motifs is 1. The smallest absolute Gasteiger partial charge is 0.253 e. The van der Waals surface area contributed by atoms with Crippen molar-refractivity contribution < 1.29 is 14.7 Å². The van der Waals surface area contributed by atoms with Crippen molar-refractivity contribution in [3.63, 3.8) is 0 Å². The summed E-state index contributed by atoms with van der Waals surface area (Å²) < 4.78 is 0. The average molecular weight is 376 g/mol. The van der Waals surface area contributed by atoms with Gasteiger partial charge in [0.1, 0.15) is 11.8 Å². The highest BCUT2D eigenvalue weighted by molar-refractivity contribution is 5.95. The molecule has 4 rings (SSSR count). The normalized spacial score (nSPS) is 19.5. The summed E-state index contributed by atoms with van der Waals surface area (Å²) in [6, 6.07) is 13.4. The highest BCUT2D eigenvalue weighted by Crippen LogP contribution is 2.30. The molecule has 2 heterocycles. The minimum atomic E-state index is -0.281. The fourth-order valence-electron chi connectivity index (χ4n) is 3.77. The maximum absolute atomic E-state index is 12.9. The van der Waals surface area contributed by atoms with Crippen LogP contribution >= 0.6 is 0 Å². The molecule has 0 aromatic heterocycles. The lowest BCUT2D eigenvalue weighted by molar-refractivity contribution is -0.131. The highest BCUT2D eigenvalue weighted by atomic mass is 16.3. The van der Waals surface area contributed by atoms with E-state index in [0.717, 1.165) is 12.1 Å². The van der Waals surface area contributed by atoms with Crippen molar-refractivity contribution in [3.05, 3.63) is 53.6 Å². The number of nitriles is 1. The number of piperazine rings is 2. The minimum Gasteiger partial charge on any atom is -0.507 e. The molecule has 0 radical (unpaired) electrons. The second-order valence-corrected chi connectivity index (χ2v) is 7.02. The van der Waals surface area contributed by atoms with E-state index in [9.17, 15) is 14.7 Å². The Morgan fingerprint density at radius 2 is 1.93 bits per heavy atom. The first-order chi connectivity index (χ1) is 13.6. The summed E-state index contributed by atoms with van der Waals surface area (Å²) in [5, 5.41) is 22.0. The van der Waals surface area contributed by atoms with Crippen molar-refractivity contribution in [1.29, 1.82) is 5.26 Å². The van der Waals surface area contributed by atoms with E-state index >= 15 is 0 Å². The first kappa shape index (κ1) is 18.0. The molecular formula is C21H20N4O3.